The van der Waals surface area contributed by atoms with E-state index in [1.54, 1.807) is 0 Å². The number of nitrogens with zero attached hydrogens (tertiary/aromatic N) is 3. The zero-order valence-corrected chi connectivity index (χ0v) is 28.7. The van der Waals surface area contributed by atoms with E-state index in [0.717, 1.165) is 18.5 Å². The number of pyridine rings is 2. The second-order valence-corrected chi connectivity index (χ2v) is 14.1. The van der Waals surface area contributed by atoms with Gasteiger partial charge in [0.2, 0.25) is 11.4 Å². The lowest BCUT2D eigenvalue weighted by Crippen LogP contribution is -2.73. The Labute approximate surface area is 304 Å². The van der Waals surface area contributed by atoms with Gasteiger partial charge in [-0.1, -0.05) is 84.9 Å². The fourth-order valence-corrected chi connectivity index (χ4v) is 9.26. The molecule has 3 nitrogen and oxygen atoms in total. The van der Waals surface area contributed by atoms with Crippen LogP contribution < -0.4 is 14.0 Å². The Hall–Kier alpha value is -6.58. The van der Waals surface area contributed by atoms with E-state index in [2.05, 4.69) is 202 Å². The minimum atomic E-state index is -0.416. The van der Waals surface area contributed by atoms with Crippen LogP contribution in [0.15, 0.2) is 188 Å². The molecule has 0 saturated heterocycles. The van der Waals surface area contributed by atoms with Gasteiger partial charge in [0.25, 0.3) is 0 Å². The summed E-state index contributed by atoms with van der Waals surface area (Å²) in [6.45, 7) is 0. The Kier molecular flexibility index (Phi) is 6.29. The number of aromatic nitrogens is 2. The lowest BCUT2D eigenvalue weighted by atomic mass is 9.86. The van der Waals surface area contributed by atoms with Gasteiger partial charge in [-0.3, -0.25) is 0 Å². The largest absolute Gasteiger partial charge is 0.391 e. The maximum atomic E-state index is 2.56. The second-order valence-electron chi connectivity index (χ2n) is 14.1. The molecule has 8 aromatic rings. The monoisotopic (exact) mass is 665 g/mol. The SMILES string of the molecule is c1ccc(-c2cc(-c3ccccc3)cc(-c3cccc(N4c5cccc6c5CCC5(c7c(cccc74)-c4cccc[n+]45)[n+]4ccccc4-6)c3)c2)cc1. The van der Waals surface area contributed by atoms with E-state index >= 15 is 0 Å². The molecular formula is C49H35N3+2. The van der Waals surface area contributed by atoms with E-state index < -0.39 is 5.66 Å². The van der Waals surface area contributed by atoms with Gasteiger partial charge < -0.3 is 4.90 Å². The number of benzene rings is 6. The highest BCUT2D eigenvalue weighted by atomic mass is 15.3. The summed E-state index contributed by atoms with van der Waals surface area (Å²) >= 11 is 0. The van der Waals surface area contributed by atoms with Crippen LogP contribution in [-0.2, 0) is 12.1 Å². The third-order valence-corrected chi connectivity index (χ3v) is 11.5. The van der Waals surface area contributed by atoms with Gasteiger partial charge in [0.1, 0.15) is 5.56 Å². The molecule has 1 spiro atoms. The highest BCUT2D eigenvalue weighted by Crippen LogP contribution is 2.53. The summed E-state index contributed by atoms with van der Waals surface area (Å²) in [5, 5.41) is 0. The lowest BCUT2D eigenvalue weighted by Gasteiger charge is -2.32. The standard InChI is InChI=1S/C49H35N3/c1-3-14-34(15-4-1)37-30-38(35-16-5-2-6-17-35)32-39(31-37)36-18-11-19-40(33-36)52-46-24-12-20-41-42(46)26-27-49(50-28-9-7-22-44(41)50)48-43(21-13-25-47(48)52)45-23-8-10-29-51(45)49/h1-25,28-33H,26-27H2/q+2. The second kappa shape index (κ2) is 11.2. The van der Waals surface area contributed by atoms with Gasteiger partial charge >= 0.3 is 5.66 Å². The van der Waals surface area contributed by atoms with Crippen LogP contribution in [0.3, 0.4) is 0 Å². The van der Waals surface area contributed by atoms with Crippen molar-refractivity contribution in [2.75, 3.05) is 4.90 Å². The van der Waals surface area contributed by atoms with Gasteiger partial charge in [-0.2, -0.15) is 0 Å². The van der Waals surface area contributed by atoms with Crippen LogP contribution in [0.4, 0.5) is 17.1 Å². The molecule has 52 heavy (non-hydrogen) atoms. The highest BCUT2D eigenvalue weighted by molar-refractivity contribution is 5.90. The molecule has 3 aliphatic rings. The molecule has 0 aliphatic carbocycles. The fourth-order valence-electron chi connectivity index (χ4n) is 9.26. The van der Waals surface area contributed by atoms with Gasteiger partial charge in [0.05, 0.1) is 28.9 Å². The van der Waals surface area contributed by atoms with Gasteiger partial charge in [-0.05, 0) is 112 Å². The van der Waals surface area contributed by atoms with Crippen LogP contribution >= 0.6 is 0 Å². The zero-order valence-electron chi connectivity index (χ0n) is 28.7. The quantitative estimate of drug-likeness (QED) is 0.170. The van der Waals surface area contributed by atoms with Crippen LogP contribution in [0.5, 0.6) is 0 Å². The number of rotatable bonds is 4. The van der Waals surface area contributed by atoms with Crippen molar-refractivity contribution in [2.45, 2.75) is 18.5 Å². The number of anilines is 3. The maximum absolute atomic E-state index is 2.56. The average Bonchev–Trinajstić information content (AvgIpc) is 3.42. The maximum Gasteiger partial charge on any atom is 0.391 e. The topological polar surface area (TPSA) is 11.0 Å². The van der Waals surface area contributed by atoms with Gasteiger partial charge in [-0.15, -0.1) is 9.13 Å². The number of fused-ring (bicyclic) bond motifs is 2. The molecule has 1 atom stereocenters. The van der Waals surface area contributed by atoms with Crippen molar-refractivity contribution in [3.63, 3.8) is 0 Å². The highest BCUT2D eigenvalue weighted by Gasteiger charge is 2.63. The molecule has 0 saturated carbocycles. The molecule has 3 aliphatic heterocycles. The fraction of sp³-hybridized carbons (Fsp3) is 0.0612. The van der Waals surface area contributed by atoms with Crippen molar-refractivity contribution >= 4 is 17.1 Å². The molecule has 6 aromatic carbocycles. The molecule has 0 fully saturated rings. The van der Waals surface area contributed by atoms with Gasteiger partial charge in [0.15, 0.2) is 12.4 Å². The van der Waals surface area contributed by atoms with Crippen LogP contribution in [0.1, 0.15) is 17.5 Å². The summed E-state index contributed by atoms with van der Waals surface area (Å²) in [5.74, 6) is 0. The van der Waals surface area contributed by atoms with Crippen LogP contribution in [0.2, 0.25) is 0 Å². The van der Waals surface area contributed by atoms with Crippen molar-refractivity contribution in [3.05, 3.63) is 199 Å². The summed E-state index contributed by atoms with van der Waals surface area (Å²) in [6, 6.07) is 64.8. The first kappa shape index (κ1) is 29.2. The molecule has 3 heteroatoms. The third kappa shape index (κ3) is 4.14. The molecule has 5 heterocycles. The average molecular weight is 666 g/mol. The zero-order chi connectivity index (χ0) is 34.2. The third-order valence-electron chi connectivity index (χ3n) is 11.5. The molecule has 0 amide bonds. The predicted octanol–water partition coefficient (Wildman–Crippen LogP) is 10.9. The van der Waals surface area contributed by atoms with Gasteiger partial charge in [-0.25, -0.2) is 0 Å². The minimum Gasteiger partial charge on any atom is -0.309 e. The number of hydrogen-bond acceptors (Lipinski definition) is 1. The predicted molar refractivity (Wildman–Crippen MR) is 209 cm³/mol. The molecule has 2 aromatic heterocycles. The molecule has 0 radical (unpaired) electrons. The van der Waals surface area contributed by atoms with Crippen molar-refractivity contribution in [3.8, 4) is 55.9 Å². The molecule has 0 N–H and O–H groups in total. The minimum absolute atomic E-state index is 0.416. The van der Waals surface area contributed by atoms with Crippen LogP contribution in [0, 0.1) is 0 Å². The molecule has 1 unspecified atom stereocenters. The summed E-state index contributed by atoms with van der Waals surface area (Å²) in [7, 11) is 0. The first-order valence-corrected chi connectivity index (χ1v) is 18.2. The van der Waals surface area contributed by atoms with Crippen molar-refractivity contribution in [1.82, 2.24) is 0 Å². The van der Waals surface area contributed by atoms with E-state index in [1.165, 1.54) is 78.4 Å². The Balaban J connectivity index is 1.17. The van der Waals surface area contributed by atoms with Crippen molar-refractivity contribution in [1.29, 1.82) is 0 Å². The van der Waals surface area contributed by atoms with E-state index in [1.807, 2.05) is 0 Å². The lowest BCUT2D eigenvalue weighted by molar-refractivity contribution is -0.970. The normalized spacial score (nSPS) is 16.0. The Morgan fingerprint density at radius 3 is 1.63 bits per heavy atom. The van der Waals surface area contributed by atoms with E-state index in [-0.39, 0.29) is 0 Å². The van der Waals surface area contributed by atoms with E-state index in [4.69, 9.17) is 0 Å². The first-order chi connectivity index (χ1) is 25.8. The molecule has 244 valence electrons. The Morgan fingerprint density at radius 2 is 0.962 bits per heavy atom. The molecule has 4 bridgehead atoms. The summed E-state index contributed by atoms with van der Waals surface area (Å²) < 4.78 is 5.10. The van der Waals surface area contributed by atoms with Crippen LogP contribution in [-0.4, -0.2) is 0 Å². The van der Waals surface area contributed by atoms with E-state index in [9.17, 15) is 0 Å². The molecular weight excluding hydrogens is 631 g/mol. The number of hydrogen-bond donors (Lipinski definition) is 0. The summed E-state index contributed by atoms with van der Waals surface area (Å²) in [6.07, 6.45) is 6.51. The van der Waals surface area contributed by atoms with E-state index in [0.29, 0.717) is 0 Å². The first-order valence-electron chi connectivity index (χ1n) is 18.2. The Bertz CT molecular complexity index is 2640. The summed E-state index contributed by atoms with van der Waals surface area (Å²) in [4.78, 5) is 2.55. The Morgan fingerprint density at radius 1 is 0.423 bits per heavy atom. The van der Waals surface area contributed by atoms with Crippen molar-refractivity contribution in [2.24, 2.45) is 0 Å². The molecule has 11 rings (SSSR count). The summed E-state index contributed by atoms with van der Waals surface area (Å²) in [5.41, 5.74) is 18.3. The van der Waals surface area contributed by atoms with Gasteiger partial charge in [0, 0.05) is 30.0 Å². The van der Waals surface area contributed by atoms with Crippen LogP contribution in [0.25, 0.3) is 55.9 Å². The smallest absolute Gasteiger partial charge is 0.309 e. The van der Waals surface area contributed by atoms with Crippen molar-refractivity contribution < 1.29 is 9.13 Å².